The smallest absolute Gasteiger partial charge is 0.224 e. The lowest BCUT2D eigenvalue weighted by Gasteiger charge is -2.13. The zero-order valence-corrected chi connectivity index (χ0v) is 10.8. The molecule has 1 rings (SSSR count). The van der Waals surface area contributed by atoms with Crippen LogP contribution < -0.4 is 5.32 Å². The minimum atomic E-state index is 0.0659. The molecule has 17 heavy (non-hydrogen) atoms. The summed E-state index contributed by atoms with van der Waals surface area (Å²) in [5.74, 6) is 0.563. The summed E-state index contributed by atoms with van der Waals surface area (Å²) in [6, 6.07) is 10.1. The molecular weight excluding hydrogens is 210 g/mol. The number of allylic oxidation sites excluding steroid dienone is 1. The van der Waals surface area contributed by atoms with Gasteiger partial charge >= 0.3 is 0 Å². The molecule has 0 heterocycles. The summed E-state index contributed by atoms with van der Waals surface area (Å²) < 4.78 is 0. The van der Waals surface area contributed by atoms with E-state index in [0.717, 1.165) is 5.56 Å². The molecule has 0 saturated heterocycles. The summed E-state index contributed by atoms with van der Waals surface area (Å²) in [6.45, 7) is 6.20. The third-order valence-electron chi connectivity index (χ3n) is 2.50. The first-order valence-electron chi connectivity index (χ1n) is 6.10. The highest BCUT2D eigenvalue weighted by molar-refractivity contribution is 5.77. The largest absolute Gasteiger partial charge is 0.349 e. The Balaban J connectivity index is 2.41. The van der Waals surface area contributed by atoms with E-state index in [0.29, 0.717) is 12.3 Å². The molecule has 0 aliphatic carbocycles. The molecule has 1 aromatic carbocycles. The average Bonchev–Trinajstić information content (AvgIpc) is 2.29. The average molecular weight is 231 g/mol. The van der Waals surface area contributed by atoms with Crippen molar-refractivity contribution >= 4 is 5.91 Å². The van der Waals surface area contributed by atoms with Crippen LogP contribution in [0.15, 0.2) is 42.5 Å². The quantitative estimate of drug-likeness (QED) is 0.772. The number of nitrogens with one attached hydrogen (secondary N) is 1. The van der Waals surface area contributed by atoms with Crippen LogP contribution in [0.25, 0.3) is 0 Å². The SMILES string of the molecule is CC(C)/C=C/CC(=O)NC(C)c1ccccc1. The molecule has 0 fully saturated rings. The van der Waals surface area contributed by atoms with Gasteiger partial charge in [-0.25, -0.2) is 0 Å². The van der Waals surface area contributed by atoms with Gasteiger partial charge in [0.15, 0.2) is 0 Å². The second-order valence-electron chi connectivity index (χ2n) is 4.58. The summed E-state index contributed by atoms with van der Waals surface area (Å²) >= 11 is 0. The maximum atomic E-state index is 11.6. The molecule has 0 aromatic heterocycles. The normalized spacial score (nSPS) is 12.9. The Morgan fingerprint density at radius 1 is 1.24 bits per heavy atom. The van der Waals surface area contributed by atoms with E-state index in [1.54, 1.807) is 0 Å². The lowest BCUT2D eigenvalue weighted by molar-refractivity contribution is -0.120. The fourth-order valence-electron chi connectivity index (χ4n) is 1.57. The fourth-order valence-corrected chi connectivity index (χ4v) is 1.57. The summed E-state index contributed by atoms with van der Waals surface area (Å²) in [4.78, 5) is 11.6. The zero-order valence-electron chi connectivity index (χ0n) is 10.8. The monoisotopic (exact) mass is 231 g/mol. The van der Waals surface area contributed by atoms with E-state index in [4.69, 9.17) is 0 Å². The Morgan fingerprint density at radius 2 is 1.88 bits per heavy atom. The number of hydrogen-bond acceptors (Lipinski definition) is 1. The van der Waals surface area contributed by atoms with Gasteiger partial charge < -0.3 is 5.32 Å². The zero-order chi connectivity index (χ0) is 12.7. The Hall–Kier alpha value is -1.57. The highest BCUT2D eigenvalue weighted by atomic mass is 16.1. The Morgan fingerprint density at radius 3 is 2.47 bits per heavy atom. The van der Waals surface area contributed by atoms with Crippen molar-refractivity contribution in [2.24, 2.45) is 5.92 Å². The van der Waals surface area contributed by atoms with Crippen molar-refractivity contribution in [2.75, 3.05) is 0 Å². The second-order valence-corrected chi connectivity index (χ2v) is 4.58. The topological polar surface area (TPSA) is 29.1 Å². The molecule has 0 aliphatic heterocycles. The van der Waals surface area contributed by atoms with E-state index in [1.165, 1.54) is 0 Å². The fraction of sp³-hybridized carbons (Fsp3) is 0.400. The van der Waals surface area contributed by atoms with E-state index >= 15 is 0 Å². The lowest BCUT2D eigenvalue weighted by atomic mass is 10.1. The number of benzene rings is 1. The molecule has 0 bridgehead atoms. The molecule has 2 nitrogen and oxygen atoms in total. The van der Waals surface area contributed by atoms with Gasteiger partial charge in [-0.1, -0.05) is 56.3 Å². The third kappa shape index (κ3) is 5.34. The van der Waals surface area contributed by atoms with Crippen LogP contribution in [0.3, 0.4) is 0 Å². The summed E-state index contributed by atoms with van der Waals surface area (Å²) in [7, 11) is 0. The standard InChI is InChI=1S/C15H21NO/c1-12(2)8-7-11-15(17)16-13(3)14-9-5-4-6-10-14/h4-10,12-13H,11H2,1-3H3,(H,16,17)/b8-7+. The molecule has 0 aliphatic rings. The van der Waals surface area contributed by atoms with Crippen LogP contribution in [0.5, 0.6) is 0 Å². The lowest BCUT2D eigenvalue weighted by Crippen LogP contribution is -2.25. The Kier molecular flexibility index (Phi) is 5.47. The minimum absolute atomic E-state index is 0.0659. The first kappa shape index (κ1) is 13.5. The van der Waals surface area contributed by atoms with Gasteiger partial charge in [-0.3, -0.25) is 4.79 Å². The minimum Gasteiger partial charge on any atom is -0.349 e. The molecule has 2 heteroatoms. The van der Waals surface area contributed by atoms with Gasteiger partial charge in [-0.05, 0) is 18.4 Å². The van der Waals surface area contributed by atoms with E-state index in [1.807, 2.05) is 49.4 Å². The molecule has 1 N–H and O–H groups in total. The number of hydrogen-bond donors (Lipinski definition) is 1. The van der Waals surface area contributed by atoms with Crippen molar-refractivity contribution in [3.63, 3.8) is 0 Å². The number of carbonyl (C=O) groups is 1. The second kappa shape index (κ2) is 6.89. The van der Waals surface area contributed by atoms with Crippen molar-refractivity contribution in [3.8, 4) is 0 Å². The number of amides is 1. The van der Waals surface area contributed by atoms with Crippen molar-refractivity contribution < 1.29 is 4.79 Å². The van der Waals surface area contributed by atoms with Crippen molar-refractivity contribution in [3.05, 3.63) is 48.0 Å². The van der Waals surface area contributed by atoms with E-state index in [9.17, 15) is 4.79 Å². The van der Waals surface area contributed by atoms with Crippen molar-refractivity contribution in [1.29, 1.82) is 0 Å². The summed E-state index contributed by atoms with van der Waals surface area (Å²) in [5.41, 5.74) is 1.13. The first-order chi connectivity index (χ1) is 8.09. The van der Waals surface area contributed by atoms with Crippen LogP contribution >= 0.6 is 0 Å². The van der Waals surface area contributed by atoms with E-state index < -0.39 is 0 Å². The maximum absolute atomic E-state index is 11.6. The van der Waals surface area contributed by atoms with Crippen molar-refractivity contribution in [1.82, 2.24) is 5.32 Å². The van der Waals surface area contributed by atoms with Crippen molar-refractivity contribution in [2.45, 2.75) is 33.2 Å². The van der Waals surface area contributed by atoms with Gasteiger partial charge in [-0.15, -0.1) is 0 Å². The van der Waals surface area contributed by atoms with Crippen LogP contribution in [0.1, 0.15) is 38.8 Å². The Labute approximate surface area is 104 Å². The molecule has 1 aromatic rings. The molecule has 0 spiro atoms. The summed E-state index contributed by atoms with van der Waals surface area (Å²) in [5, 5.41) is 2.98. The van der Waals surface area contributed by atoms with Gasteiger partial charge in [0, 0.05) is 6.42 Å². The van der Waals surface area contributed by atoms with Crippen LogP contribution in [0.2, 0.25) is 0 Å². The van der Waals surface area contributed by atoms with Gasteiger partial charge in [0.2, 0.25) is 5.91 Å². The summed E-state index contributed by atoms with van der Waals surface area (Å²) in [6.07, 6.45) is 4.43. The molecule has 1 unspecified atom stereocenters. The molecule has 92 valence electrons. The number of rotatable bonds is 5. The van der Waals surface area contributed by atoms with E-state index in [2.05, 4.69) is 19.2 Å². The molecular formula is C15H21NO. The van der Waals surface area contributed by atoms with Gasteiger partial charge in [0.05, 0.1) is 6.04 Å². The van der Waals surface area contributed by atoms with Gasteiger partial charge in [-0.2, -0.15) is 0 Å². The van der Waals surface area contributed by atoms with E-state index in [-0.39, 0.29) is 11.9 Å². The Bertz CT molecular complexity index is 368. The van der Waals surface area contributed by atoms with Crippen LogP contribution in [-0.2, 0) is 4.79 Å². The predicted molar refractivity (Wildman–Crippen MR) is 71.6 cm³/mol. The maximum Gasteiger partial charge on any atom is 0.224 e. The third-order valence-corrected chi connectivity index (χ3v) is 2.50. The molecule has 1 amide bonds. The van der Waals surface area contributed by atoms with Gasteiger partial charge in [0.1, 0.15) is 0 Å². The highest BCUT2D eigenvalue weighted by Gasteiger charge is 2.07. The first-order valence-corrected chi connectivity index (χ1v) is 6.10. The number of carbonyl (C=O) groups excluding carboxylic acids is 1. The van der Waals surface area contributed by atoms with Crippen LogP contribution in [-0.4, -0.2) is 5.91 Å². The highest BCUT2D eigenvalue weighted by Crippen LogP contribution is 2.11. The van der Waals surface area contributed by atoms with Gasteiger partial charge in [0.25, 0.3) is 0 Å². The van der Waals surface area contributed by atoms with Crippen LogP contribution in [0, 0.1) is 5.92 Å². The molecule has 0 saturated carbocycles. The molecule has 1 atom stereocenters. The predicted octanol–water partition coefficient (Wildman–Crippen LogP) is 3.47. The van der Waals surface area contributed by atoms with Crippen LogP contribution in [0.4, 0.5) is 0 Å². The molecule has 0 radical (unpaired) electrons.